The maximum Gasteiger partial charge on any atom is 0.213 e. The minimum absolute atomic E-state index is 0.130. The third-order valence-corrected chi connectivity index (χ3v) is 4.70. The van der Waals surface area contributed by atoms with E-state index in [0.717, 1.165) is 16.5 Å². The molecule has 0 saturated heterocycles. The van der Waals surface area contributed by atoms with Gasteiger partial charge in [0.15, 0.2) is 6.20 Å². The molecule has 24 heavy (non-hydrogen) atoms. The zero-order valence-corrected chi connectivity index (χ0v) is 12.9. The van der Waals surface area contributed by atoms with Crippen molar-refractivity contribution >= 4 is 39.4 Å². The third kappa shape index (κ3) is 1.50. The predicted octanol–water partition coefficient (Wildman–Crippen LogP) is 2.18. The molecule has 4 nitrogen and oxygen atoms in total. The molecule has 3 aromatic rings. The topological polar surface area (TPSA) is 56.4 Å². The predicted molar refractivity (Wildman–Crippen MR) is 89.8 cm³/mol. The van der Waals surface area contributed by atoms with E-state index < -0.39 is 0 Å². The number of para-hydroxylation sites is 2. The molecule has 1 aromatic heterocycles. The van der Waals surface area contributed by atoms with Crippen molar-refractivity contribution in [2.75, 3.05) is 0 Å². The molecular formula is C20H12N2O2. The van der Waals surface area contributed by atoms with E-state index in [1.165, 1.54) is 0 Å². The zero-order chi connectivity index (χ0) is 16.4. The summed E-state index contributed by atoms with van der Waals surface area (Å²) in [5.74, 6) is -0.303. The lowest BCUT2D eigenvalue weighted by Gasteiger charge is -2.25. The van der Waals surface area contributed by atoms with Crippen LogP contribution in [0.5, 0.6) is 0 Å². The second-order valence-corrected chi connectivity index (χ2v) is 6.06. The molecule has 0 spiro atoms. The molecular weight excluding hydrogens is 300 g/mol. The summed E-state index contributed by atoms with van der Waals surface area (Å²) in [6.07, 6.45) is 1.75. The first-order valence-electron chi connectivity index (χ1n) is 7.73. The maximum atomic E-state index is 13.1. The van der Waals surface area contributed by atoms with Crippen LogP contribution in [0.3, 0.4) is 0 Å². The van der Waals surface area contributed by atoms with Gasteiger partial charge < -0.3 is 5.11 Å². The summed E-state index contributed by atoms with van der Waals surface area (Å²) in [7, 11) is 1.89. The molecule has 1 aliphatic carbocycles. The molecule has 4 heteroatoms. The monoisotopic (exact) mass is 312 g/mol. The fourth-order valence-corrected chi connectivity index (χ4v) is 3.62. The van der Waals surface area contributed by atoms with Crippen LogP contribution < -0.4 is 9.67 Å². The van der Waals surface area contributed by atoms with Gasteiger partial charge in [0.2, 0.25) is 11.3 Å². The quantitative estimate of drug-likeness (QED) is 0.597. The molecule has 1 aliphatic heterocycles. The summed E-state index contributed by atoms with van der Waals surface area (Å²) in [4.78, 5) is 17.6. The molecule has 2 aliphatic rings. The first-order valence-corrected chi connectivity index (χ1v) is 7.73. The molecule has 2 aromatic carbocycles. The number of ketones is 1. The van der Waals surface area contributed by atoms with Crippen LogP contribution in [0.1, 0.15) is 21.5 Å². The molecule has 0 fully saturated rings. The molecule has 0 N–H and O–H groups in total. The van der Waals surface area contributed by atoms with E-state index >= 15 is 0 Å². The number of nitrogens with zero attached hydrogens (tertiary/aromatic N) is 2. The molecule has 0 bridgehead atoms. The van der Waals surface area contributed by atoms with Crippen molar-refractivity contribution in [1.29, 1.82) is 0 Å². The smallest absolute Gasteiger partial charge is 0.213 e. The second-order valence-electron chi connectivity index (χ2n) is 6.06. The number of hydrogen-bond donors (Lipinski definition) is 0. The fraction of sp³-hybridized carbons (Fsp3) is 0.0500. The van der Waals surface area contributed by atoms with Crippen molar-refractivity contribution in [1.82, 2.24) is 0 Å². The van der Waals surface area contributed by atoms with Gasteiger partial charge in [0.1, 0.15) is 12.8 Å². The summed E-state index contributed by atoms with van der Waals surface area (Å²) < 4.78 is 1.89. The SMILES string of the molecule is C[n+]1cc2c(c3ccccc31)C(=O)C1=Nc3ccccc3C1=C2[O-]. The van der Waals surface area contributed by atoms with Crippen LogP contribution in [0.15, 0.2) is 59.7 Å². The van der Waals surface area contributed by atoms with E-state index in [1.54, 1.807) is 6.20 Å². The van der Waals surface area contributed by atoms with E-state index in [-0.39, 0.29) is 17.3 Å². The average molecular weight is 312 g/mol. The number of allylic oxidation sites excluding steroid dienone is 1. The Kier molecular flexibility index (Phi) is 2.41. The van der Waals surface area contributed by atoms with Gasteiger partial charge in [-0.05, 0) is 12.1 Å². The van der Waals surface area contributed by atoms with Crippen LogP contribution >= 0.6 is 0 Å². The maximum absolute atomic E-state index is 13.1. The van der Waals surface area contributed by atoms with E-state index in [4.69, 9.17) is 0 Å². The Morgan fingerprint density at radius 3 is 2.62 bits per heavy atom. The van der Waals surface area contributed by atoms with Gasteiger partial charge in [0, 0.05) is 22.8 Å². The Morgan fingerprint density at radius 1 is 1.00 bits per heavy atom. The molecule has 114 valence electrons. The number of rotatable bonds is 0. The van der Waals surface area contributed by atoms with Crippen LogP contribution in [0.25, 0.3) is 22.2 Å². The lowest BCUT2D eigenvalue weighted by atomic mass is 9.85. The lowest BCUT2D eigenvalue weighted by Crippen LogP contribution is -2.34. The minimum atomic E-state index is -0.174. The Morgan fingerprint density at radius 2 is 1.75 bits per heavy atom. The van der Waals surface area contributed by atoms with Gasteiger partial charge in [0.05, 0.1) is 16.6 Å². The van der Waals surface area contributed by atoms with Crippen molar-refractivity contribution < 1.29 is 14.5 Å². The van der Waals surface area contributed by atoms with Gasteiger partial charge in [-0.15, -0.1) is 0 Å². The number of aromatic nitrogens is 1. The van der Waals surface area contributed by atoms with Gasteiger partial charge in [-0.1, -0.05) is 36.1 Å². The van der Waals surface area contributed by atoms with Crippen LogP contribution in [0.4, 0.5) is 5.69 Å². The van der Waals surface area contributed by atoms with E-state index in [0.29, 0.717) is 22.4 Å². The number of pyridine rings is 1. The number of aliphatic imine (C=N–C) groups is 1. The van der Waals surface area contributed by atoms with Crippen LogP contribution in [0.2, 0.25) is 0 Å². The average Bonchev–Trinajstić information content (AvgIpc) is 3.00. The standard InChI is InChI=1S/C20H12N2O2/c1-22-10-13-16(12-7-3-5-9-15(12)22)20(24)18-17(19(13)23)11-6-2-4-8-14(11)21-18/h2-10H,1H3. The first kappa shape index (κ1) is 13.2. The molecule has 5 rings (SSSR count). The second kappa shape index (κ2) is 4.38. The third-order valence-electron chi connectivity index (χ3n) is 4.70. The molecule has 0 atom stereocenters. The number of hydrogen-bond acceptors (Lipinski definition) is 3. The normalized spacial score (nSPS) is 15.2. The van der Waals surface area contributed by atoms with E-state index in [2.05, 4.69) is 4.99 Å². The Bertz CT molecular complexity index is 1140. The van der Waals surface area contributed by atoms with Gasteiger partial charge in [-0.25, -0.2) is 9.56 Å². The number of aryl methyl sites for hydroxylation is 1. The highest BCUT2D eigenvalue weighted by Crippen LogP contribution is 2.42. The van der Waals surface area contributed by atoms with Crippen molar-refractivity contribution in [3.63, 3.8) is 0 Å². The van der Waals surface area contributed by atoms with Crippen LogP contribution in [-0.4, -0.2) is 11.5 Å². The van der Waals surface area contributed by atoms with Gasteiger partial charge in [-0.3, -0.25) is 4.79 Å². The number of fused-ring (bicyclic) bond motifs is 6. The Hall–Kier alpha value is -3.27. The molecule has 0 amide bonds. The Labute approximate surface area is 138 Å². The summed E-state index contributed by atoms with van der Waals surface area (Å²) in [5, 5.41) is 13.9. The molecule has 0 unspecified atom stereocenters. The van der Waals surface area contributed by atoms with Crippen molar-refractivity contribution in [2.45, 2.75) is 0 Å². The number of Topliss-reactive ketones (excluding diaryl/α,β-unsaturated/α-hetero) is 1. The fourth-order valence-electron chi connectivity index (χ4n) is 3.62. The first-order chi connectivity index (χ1) is 11.7. The zero-order valence-electron chi connectivity index (χ0n) is 12.9. The Balaban J connectivity index is 1.94. The summed E-state index contributed by atoms with van der Waals surface area (Å²) >= 11 is 0. The highest BCUT2D eigenvalue weighted by molar-refractivity contribution is 6.66. The van der Waals surface area contributed by atoms with E-state index in [9.17, 15) is 9.90 Å². The van der Waals surface area contributed by atoms with Crippen LogP contribution in [-0.2, 0) is 7.05 Å². The van der Waals surface area contributed by atoms with Crippen molar-refractivity contribution in [3.05, 3.63) is 71.4 Å². The lowest BCUT2D eigenvalue weighted by molar-refractivity contribution is -0.645. The van der Waals surface area contributed by atoms with Gasteiger partial charge in [-0.2, -0.15) is 0 Å². The van der Waals surface area contributed by atoms with Crippen molar-refractivity contribution in [2.24, 2.45) is 12.0 Å². The molecule has 0 saturated carbocycles. The summed E-state index contributed by atoms with van der Waals surface area (Å²) in [6.45, 7) is 0. The summed E-state index contributed by atoms with van der Waals surface area (Å²) in [5.41, 5.74) is 3.96. The molecule has 2 heterocycles. The number of benzene rings is 2. The van der Waals surface area contributed by atoms with Gasteiger partial charge >= 0.3 is 0 Å². The van der Waals surface area contributed by atoms with Crippen molar-refractivity contribution in [3.8, 4) is 0 Å². The molecule has 0 radical (unpaired) electrons. The number of carbonyl (C=O) groups is 1. The highest BCUT2D eigenvalue weighted by atomic mass is 16.3. The highest BCUT2D eigenvalue weighted by Gasteiger charge is 2.35. The van der Waals surface area contributed by atoms with Gasteiger partial charge in [0.25, 0.3) is 0 Å². The number of carbonyl (C=O) groups excluding carboxylic acids is 1. The largest absolute Gasteiger partial charge is 0.871 e. The minimum Gasteiger partial charge on any atom is -0.871 e. The van der Waals surface area contributed by atoms with Crippen LogP contribution in [0, 0.1) is 0 Å². The summed E-state index contributed by atoms with van der Waals surface area (Å²) in [6, 6.07) is 15.0. The van der Waals surface area contributed by atoms with E-state index in [1.807, 2.05) is 60.1 Å².